The number of nitrogens with zero attached hydrogens (tertiary/aromatic N) is 3. The topological polar surface area (TPSA) is 74.1 Å². The summed E-state index contributed by atoms with van der Waals surface area (Å²) in [7, 11) is 1.40. The van der Waals surface area contributed by atoms with E-state index in [4.69, 9.17) is 15.4 Å². The van der Waals surface area contributed by atoms with Crippen LogP contribution in [-0.4, -0.2) is 36.4 Å². The summed E-state index contributed by atoms with van der Waals surface area (Å²) in [6, 6.07) is 0. The van der Waals surface area contributed by atoms with Gasteiger partial charge in [0.2, 0.25) is 0 Å². The average Bonchev–Trinajstić information content (AvgIpc) is 2.60. The minimum absolute atomic E-state index is 0.205. The fourth-order valence-electron chi connectivity index (χ4n) is 1.31. The van der Waals surface area contributed by atoms with E-state index in [9.17, 15) is 8.42 Å². The third kappa shape index (κ3) is 3.16. The second-order valence-electron chi connectivity index (χ2n) is 3.03. The molecule has 0 N–H and O–H groups in total. The summed E-state index contributed by atoms with van der Waals surface area (Å²) in [5.41, 5.74) is 0. The molecule has 0 aromatic carbocycles. The van der Waals surface area contributed by atoms with Gasteiger partial charge in [0.1, 0.15) is 5.82 Å². The van der Waals surface area contributed by atoms with Crippen LogP contribution in [0.25, 0.3) is 0 Å². The zero-order chi connectivity index (χ0) is 12.2. The normalized spacial score (nSPS) is 11.9. The van der Waals surface area contributed by atoms with Crippen molar-refractivity contribution in [1.29, 1.82) is 0 Å². The van der Waals surface area contributed by atoms with Gasteiger partial charge >= 0.3 is 0 Å². The van der Waals surface area contributed by atoms with E-state index in [-0.39, 0.29) is 5.16 Å². The van der Waals surface area contributed by atoms with E-state index >= 15 is 0 Å². The zero-order valence-electron chi connectivity index (χ0n) is 9.18. The molecule has 6 nitrogen and oxygen atoms in total. The monoisotopic (exact) mass is 267 g/mol. The average molecular weight is 268 g/mol. The second-order valence-corrected chi connectivity index (χ2v) is 5.49. The van der Waals surface area contributed by atoms with Crippen LogP contribution in [0.3, 0.4) is 0 Å². The van der Waals surface area contributed by atoms with Crippen LogP contribution >= 0.6 is 10.7 Å². The molecule has 0 aliphatic rings. The van der Waals surface area contributed by atoms with Gasteiger partial charge in [-0.05, 0) is 13.8 Å². The molecule has 1 rings (SSSR count). The lowest BCUT2D eigenvalue weighted by Crippen LogP contribution is -2.10. The maximum atomic E-state index is 11.2. The lowest BCUT2D eigenvalue weighted by atomic mass is 10.4. The van der Waals surface area contributed by atoms with E-state index in [0.717, 1.165) is 0 Å². The summed E-state index contributed by atoms with van der Waals surface area (Å²) in [5.74, 6) is 0.565. The number of hydrogen-bond acceptors (Lipinski definition) is 5. The van der Waals surface area contributed by atoms with Crippen LogP contribution in [0.4, 0.5) is 0 Å². The summed E-state index contributed by atoms with van der Waals surface area (Å²) < 4.78 is 29.0. The Balaban J connectivity index is 2.91. The van der Waals surface area contributed by atoms with Crippen molar-refractivity contribution in [3.8, 4) is 0 Å². The Morgan fingerprint density at radius 2 is 2.06 bits per heavy atom. The first-order valence-electron chi connectivity index (χ1n) is 4.95. The van der Waals surface area contributed by atoms with Crippen molar-refractivity contribution in [2.24, 2.45) is 0 Å². The first-order chi connectivity index (χ1) is 7.50. The number of ether oxygens (including phenoxy) is 1. The van der Waals surface area contributed by atoms with Crippen molar-refractivity contribution >= 4 is 19.7 Å². The first-order valence-corrected chi connectivity index (χ1v) is 7.26. The second kappa shape index (κ2) is 5.60. The van der Waals surface area contributed by atoms with Gasteiger partial charge in [0.15, 0.2) is 0 Å². The molecule has 0 saturated carbocycles. The highest BCUT2D eigenvalue weighted by molar-refractivity contribution is 8.13. The van der Waals surface area contributed by atoms with Crippen LogP contribution in [0.15, 0.2) is 5.16 Å². The largest absolute Gasteiger partial charge is 0.381 e. The summed E-state index contributed by atoms with van der Waals surface area (Å²) in [6.07, 6.45) is 0.515. The molecule has 1 aromatic heterocycles. The third-order valence-electron chi connectivity index (χ3n) is 2.00. The van der Waals surface area contributed by atoms with Crippen LogP contribution in [0.2, 0.25) is 0 Å². The highest BCUT2D eigenvalue weighted by atomic mass is 35.7. The molecule has 92 valence electrons. The van der Waals surface area contributed by atoms with Gasteiger partial charge in [0.05, 0.1) is 6.61 Å². The van der Waals surface area contributed by atoms with Gasteiger partial charge in [0.25, 0.3) is 14.2 Å². The van der Waals surface area contributed by atoms with Gasteiger partial charge in [-0.15, -0.1) is 10.2 Å². The summed E-state index contributed by atoms with van der Waals surface area (Å²) in [5, 5.41) is 7.16. The highest BCUT2D eigenvalue weighted by Gasteiger charge is 2.21. The number of halogens is 1. The van der Waals surface area contributed by atoms with Crippen LogP contribution in [0, 0.1) is 0 Å². The van der Waals surface area contributed by atoms with E-state index in [1.54, 1.807) is 6.92 Å². The fourth-order valence-corrected chi connectivity index (χ4v) is 2.29. The Kier molecular flexibility index (Phi) is 4.69. The standard InChI is InChI=1S/C8H14ClN3O3S/c1-3-12-7(5-6-15-4-2)10-11-8(12)16(9,13)14/h3-6H2,1-2H3. The SMILES string of the molecule is CCOCCc1nnc(S(=O)(=O)Cl)n1CC. The molecule has 0 atom stereocenters. The van der Waals surface area contributed by atoms with Crippen molar-refractivity contribution in [2.75, 3.05) is 13.2 Å². The third-order valence-corrected chi connectivity index (χ3v) is 3.15. The number of aromatic nitrogens is 3. The molecule has 0 aliphatic heterocycles. The molecular formula is C8H14ClN3O3S. The van der Waals surface area contributed by atoms with E-state index < -0.39 is 9.05 Å². The zero-order valence-corrected chi connectivity index (χ0v) is 10.8. The van der Waals surface area contributed by atoms with Crippen molar-refractivity contribution in [1.82, 2.24) is 14.8 Å². The summed E-state index contributed by atoms with van der Waals surface area (Å²) in [4.78, 5) is 0. The predicted molar refractivity (Wildman–Crippen MR) is 58.9 cm³/mol. The van der Waals surface area contributed by atoms with Crippen LogP contribution in [0.5, 0.6) is 0 Å². The van der Waals surface area contributed by atoms with Gasteiger partial charge in [-0.3, -0.25) is 0 Å². The van der Waals surface area contributed by atoms with Crippen LogP contribution in [0.1, 0.15) is 19.7 Å². The maximum absolute atomic E-state index is 11.2. The Morgan fingerprint density at radius 1 is 1.38 bits per heavy atom. The Bertz CT molecular complexity index is 443. The summed E-state index contributed by atoms with van der Waals surface area (Å²) in [6.45, 7) is 5.24. The molecule has 0 fully saturated rings. The predicted octanol–water partition coefficient (Wildman–Crippen LogP) is 0.804. The van der Waals surface area contributed by atoms with Gasteiger partial charge in [-0.2, -0.15) is 0 Å². The van der Waals surface area contributed by atoms with Gasteiger partial charge < -0.3 is 9.30 Å². The van der Waals surface area contributed by atoms with E-state index in [2.05, 4.69) is 10.2 Å². The van der Waals surface area contributed by atoms with Crippen molar-refractivity contribution in [3.05, 3.63) is 5.82 Å². The van der Waals surface area contributed by atoms with E-state index in [1.807, 2.05) is 6.92 Å². The molecular weight excluding hydrogens is 254 g/mol. The summed E-state index contributed by atoms with van der Waals surface area (Å²) >= 11 is 0. The van der Waals surface area contributed by atoms with Crippen LogP contribution in [-0.2, 0) is 26.8 Å². The van der Waals surface area contributed by atoms with Crippen molar-refractivity contribution < 1.29 is 13.2 Å². The smallest absolute Gasteiger partial charge is 0.296 e. The highest BCUT2D eigenvalue weighted by Crippen LogP contribution is 2.14. The molecule has 0 aliphatic carbocycles. The Hall–Kier alpha value is -0.660. The molecule has 16 heavy (non-hydrogen) atoms. The molecule has 0 amide bonds. The quantitative estimate of drug-likeness (QED) is 0.563. The van der Waals surface area contributed by atoms with Gasteiger partial charge in [0, 0.05) is 30.3 Å². The minimum Gasteiger partial charge on any atom is -0.381 e. The molecule has 0 unspecified atom stereocenters. The molecule has 1 aromatic rings. The molecule has 0 radical (unpaired) electrons. The van der Waals surface area contributed by atoms with Crippen molar-refractivity contribution in [3.63, 3.8) is 0 Å². The fraction of sp³-hybridized carbons (Fsp3) is 0.750. The molecule has 8 heteroatoms. The molecule has 0 spiro atoms. The number of rotatable bonds is 6. The maximum Gasteiger partial charge on any atom is 0.296 e. The first kappa shape index (κ1) is 13.4. The van der Waals surface area contributed by atoms with Crippen LogP contribution < -0.4 is 0 Å². The van der Waals surface area contributed by atoms with Gasteiger partial charge in [-0.1, -0.05) is 0 Å². The molecule has 0 bridgehead atoms. The lowest BCUT2D eigenvalue weighted by molar-refractivity contribution is 0.148. The van der Waals surface area contributed by atoms with E-state index in [1.165, 1.54) is 4.57 Å². The Labute approximate surface area is 99.0 Å². The molecule has 0 saturated heterocycles. The minimum atomic E-state index is -3.83. The lowest BCUT2D eigenvalue weighted by Gasteiger charge is -2.05. The van der Waals surface area contributed by atoms with Crippen molar-refractivity contribution in [2.45, 2.75) is 32.0 Å². The number of hydrogen-bond donors (Lipinski definition) is 0. The molecule has 1 heterocycles. The van der Waals surface area contributed by atoms with Gasteiger partial charge in [-0.25, -0.2) is 8.42 Å². The Morgan fingerprint density at radius 3 is 2.56 bits per heavy atom. The van der Waals surface area contributed by atoms with E-state index in [0.29, 0.717) is 32.0 Å².